The van der Waals surface area contributed by atoms with Crippen LogP contribution in [-0.4, -0.2) is 0 Å². The van der Waals surface area contributed by atoms with Gasteiger partial charge >= 0.3 is 0 Å². The van der Waals surface area contributed by atoms with E-state index < -0.39 is 0 Å². The zero-order chi connectivity index (χ0) is 36.3. The van der Waals surface area contributed by atoms with Crippen molar-refractivity contribution in [2.24, 2.45) is 0 Å². The number of hydrogen-bond donors (Lipinski definition) is 0. The summed E-state index contributed by atoms with van der Waals surface area (Å²) in [5, 5.41) is 7.50. The smallest absolute Gasteiger partial charge is 0.143 e. The van der Waals surface area contributed by atoms with Crippen molar-refractivity contribution in [2.45, 2.75) is 0 Å². The van der Waals surface area contributed by atoms with Crippen molar-refractivity contribution in [3.63, 3.8) is 0 Å². The zero-order valence-electron chi connectivity index (χ0n) is 29.8. The summed E-state index contributed by atoms with van der Waals surface area (Å²) in [5.41, 5.74) is 12.1. The van der Waals surface area contributed by atoms with Crippen molar-refractivity contribution in [3.05, 3.63) is 200 Å². The van der Waals surface area contributed by atoms with Crippen LogP contribution in [-0.2, 0) is 0 Å². The first kappa shape index (κ1) is 31.6. The van der Waals surface area contributed by atoms with Gasteiger partial charge in [-0.2, -0.15) is 0 Å². The fourth-order valence-corrected chi connectivity index (χ4v) is 9.64. The van der Waals surface area contributed by atoms with Crippen molar-refractivity contribution in [3.8, 4) is 33.4 Å². The van der Waals surface area contributed by atoms with E-state index in [1.807, 2.05) is 23.5 Å². The van der Waals surface area contributed by atoms with Crippen LogP contribution in [0.4, 0.5) is 17.1 Å². The Balaban J connectivity index is 1.03. The van der Waals surface area contributed by atoms with E-state index in [1.54, 1.807) is 0 Å². The summed E-state index contributed by atoms with van der Waals surface area (Å²) in [5.74, 6) is 0. The minimum atomic E-state index is 0.908. The van der Waals surface area contributed by atoms with E-state index in [0.29, 0.717) is 0 Å². The van der Waals surface area contributed by atoms with E-state index in [-0.39, 0.29) is 0 Å². The van der Waals surface area contributed by atoms with Crippen LogP contribution in [0.15, 0.2) is 205 Å². The minimum absolute atomic E-state index is 0.908. The second kappa shape index (κ2) is 12.9. The summed E-state index contributed by atoms with van der Waals surface area (Å²) in [6.45, 7) is 0. The van der Waals surface area contributed by atoms with Crippen LogP contribution in [0.25, 0.3) is 86.3 Å². The molecule has 0 radical (unpaired) electrons. The first-order valence-corrected chi connectivity index (χ1v) is 19.5. The quantitative estimate of drug-likeness (QED) is 0.170. The van der Waals surface area contributed by atoms with Gasteiger partial charge in [0.25, 0.3) is 0 Å². The van der Waals surface area contributed by atoms with E-state index in [9.17, 15) is 0 Å². The Bertz CT molecular complexity index is 3190. The Labute approximate surface area is 322 Å². The lowest BCUT2D eigenvalue weighted by Crippen LogP contribution is -2.11. The molecule has 2 heterocycles. The largest absolute Gasteiger partial charge is 0.455 e. The molecule has 0 aliphatic carbocycles. The Morgan fingerprint density at radius 1 is 0.345 bits per heavy atom. The standard InChI is InChI=1S/C52H33NOS/c1-2-12-34(13-3-1)40-15-6-8-22-48(40)53(38-29-24-36(25-30-38)41-18-10-20-45-44-17-7-9-23-49(44)54-50(41)45)39-31-26-37(27-32-39)43-19-11-21-46-47-33-28-35-14-4-5-16-42(35)52(47)55-51(43)46/h1-33H. The highest BCUT2D eigenvalue weighted by atomic mass is 32.1. The number of hydrogen-bond acceptors (Lipinski definition) is 3. The Hall–Kier alpha value is -6.94. The fourth-order valence-electron chi connectivity index (χ4n) is 8.27. The topological polar surface area (TPSA) is 16.4 Å². The number of anilines is 3. The average molecular weight is 720 g/mol. The van der Waals surface area contributed by atoms with Crippen LogP contribution in [0.3, 0.4) is 0 Å². The summed E-state index contributed by atoms with van der Waals surface area (Å²) in [6.07, 6.45) is 0. The third kappa shape index (κ3) is 5.24. The molecule has 258 valence electrons. The summed E-state index contributed by atoms with van der Waals surface area (Å²) < 4.78 is 9.09. The first-order valence-electron chi connectivity index (χ1n) is 18.7. The van der Waals surface area contributed by atoms with E-state index in [1.165, 1.54) is 53.2 Å². The average Bonchev–Trinajstić information content (AvgIpc) is 3.84. The van der Waals surface area contributed by atoms with Crippen molar-refractivity contribution in [2.75, 3.05) is 4.90 Å². The van der Waals surface area contributed by atoms with Gasteiger partial charge in [-0.15, -0.1) is 11.3 Å². The maximum absolute atomic E-state index is 6.42. The van der Waals surface area contributed by atoms with Gasteiger partial charge in [-0.1, -0.05) is 164 Å². The molecule has 0 aliphatic rings. The molecule has 0 bridgehead atoms. The molecule has 3 heteroatoms. The number of furan rings is 1. The van der Waals surface area contributed by atoms with E-state index in [0.717, 1.165) is 50.1 Å². The molecular formula is C52H33NOS. The maximum atomic E-state index is 6.42. The second-order valence-corrected chi connectivity index (χ2v) is 15.1. The molecule has 0 fully saturated rings. The van der Waals surface area contributed by atoms with Crippen molar-refractivity contribution in [1.29, 1.82) is 0 Å². The molecule has 11 aromatic rings. The van der Waals surface area contributed by atoms with Crippen LogP contribution in [0.1, 0.15) is 0 Å². The molecule has 11 rings (SSSR count). The summed E-state index contributed by atoms with van der Waals surface area (Å²) in [6, 6.07) is 72.0. The lowest BCUT2D eigenvalue weighted by molar-refractivity contribution is 0.670. The summed E-state index contributed by atoms with van der Waals surface area (Å²) in [7, 11) is 0. The van der Waals surface area contributed by atoms with Gasteiger partial charge in [0.05, 0.1) is 5.69 Å². The second-order valence-electron chi connectivity index (χ2n) is 14.0. The van der Waals surface area contributed by atoms with Gasteiger partial charge < -0.3 is 9.32 Å². The maximum Gasteiger partial charge on any atom is 0.143 e. The highest BCUT2D eigenvalue weighted by Crippen LogP contribution is 2.45. The number of nitrogens with zero attached hydrogens (tertiary/aromatic N) is 1. The number of para-hydroxylation sites is 3. The summed E-state index contributed by atoms with van der Waals surface area (Å²) in [4.78, 5) is 2.38. The highest BCUT2D eigenvalue weighted by molar-refractivity contribution is 7.27. The minimum Gasteiger partial charge on any atom is -0.455 e. The van der Waals surface area contributed by atoms with Crippen molar-refractivity contribution >= 4 is 81.3 Å². The summed E-state index contributed by atoms with van der Waals surface area (Å²) >= 11 is 1.90. The Morgan fingerprint density at radius 3 is 1.71 bits per heavy atom. The molecule has 0 N–H and O–H groups in total. The SMILES string of the molecule is c1ccc(-c2ccccc2N(c2ccc(-c3cccc4c3oc3ccccc34)cc2)c2ccc(-c3cccc4c3sc3c5ccccc5ccc43)cc2)cc1. The molecule has 0 amide bonds. The molecule has 0 saturated carbocycles. The van der Waals surface area contributed by atoms with Crippen molar-refractivity contribution in [1.82, 2.24) is 0 Å². The third-order valence-corrected chi connectivity index (χ3v) is 12.2. The van der Waals surface area contributed by atoms with Crippen LogP contribution in [0, 0.1) is 0 Å². The number of benzene rings is 9. The Kier molecular flexibility index (Phi) is 7.39. The number of fused-ring (bicyclic) bond motifs is 8. The molecule has 9 aromatic carbocycles. The molecule has 55 heavy (non-hydrogen) atoms. The molecule has 2 aromatic heterocycles. The predicted molar refractivity (Wildman–Crippen MR) is 235 cm³/mol. The van der Waals surface area contributed by atoms with Gasteiger partial charge in [0.2, 0.25) is 0 Å². The lowest BCUT2D eigenvalue weighted by Gasteiger charge is -2.28. The molecule has 0 spiro atoms. The monoisotopic (exact) mass is 719 g/mol. The first-order chi connectivity index (χ1) is 27.3. The van der Waals surface area contributed by atoms with Crippen LogP contribution in [0.2, 0.25) is 0 Å². The van der Waals surface area contributed by atoms with Gasteiger partial charge in [-0.25, -0.2) is 0 Å². The van der Waals surface area contributed by atoms with Gasteiger partial charge in [0.15, 0.2) is 0 Å². The molecule has 0 aliphatic heterocycles. The normalized spacial score (nSPS) is 11.6. The zero-order valence-corrected chi connectivity index (χ0v) is 30.6. The Morgan fingerprint density at radius 2 is 0.909 bits per heavy atom. The van der Waals surface area contributed by atoms with Crippen LogP contribution >= 0.6 is 11.3 Å². The molecule has 0 unspecified atom stereocenters. The van der Waals surface area contributed by atoms with Crippen molar-refractivity contribution < 1.29 is 4.42 Å². The van der Waals surface area contributed by atoms with E-state index in [4.69, 9.17) is 4.42 Å². The highest BCUT2D eigenvalue weighted by Gasteiger charge is 2.19. The molecule has 2 nitrogen and oxygen atoms in total. The van der Waals surface area contributed by atoms with Gasteiger partial charge in [0.1, 0.15) is 11.2 Å². The molecular weight excluding hydrogens is 687 g/mol. The van der Waals surface area contributed by atoms with E-state index in [2.05, 4.69) is 193 Å². The molecule has 0 saturated heterocycles. The van der Waals surface area contributed by atoms with E-state index >= 15 is 0 Å². The number of rotatable bonds is 6. The van der Waals surface area contributed by atoms with Crippen LogP contribution < -0.4 is 4.90 Å². The van der Waals surface area contributed by atoms with Gasteiger partial charge in [-0.3, -0.25) is 0 Å². The third-order valence-electron chi connectivity index (χ3n) is 10.9. The lowest BCUT2D eigenvalue weighted by atomic mass is 9.99. The predicted octanol–water partition coefficient (Wildman–Crippen LogP) is 15.6. The fraction of sp³-hybridized carbons (Fsp3) is 0. The van der Waals surface area contributed by atoms with Gasteiger partial charge in [-0.05, 0) is 69.4 Å². The number of thiophene rings is 1. The van der Waals surface area contributed by atoms with Crippen LogP contribution in [0.5, 0.6) is 0 Å². The van der Waals surface area contributed by atoms with Gasteiger partial charge in [0, 0.05) is 53.4 Å². The molecule has 0 atom stereocenters.